The lowest BCUT2D eigenvalue weighted by Crippen LogP contribution is -2.42. The maximum atomic E-state index is 14.0. The van der Waals surface area contributed by atoms with E-state index in [2.05, 4.69) is 17.9 Å². The van der Waals surface area contributed by atoms with E-state index in [4.69, 9.17) is 4.74 Å². The van der Waals surface area contributed by atoms with Crippen molar-refractivity contribution in [2.24, 2.45) is 5.92 Å². The molecule has 2 atom stereocenters. The molecule has 1 amide bonds. The van der Waals surface area contributed by atoms with Gasteiger partial charge >= 0.3 is 0 Å². The average Bonchev–Trinajstić information content (AvgIpc) is 2.81. The summed E-state index contributed by atoms with van der Waals surface area (Å²) in [4.78, 5) is 16.3. The molecule has 2 aliphatic heterocycles. The predicted octanol–water partition coefficient (Wildman–Crippen LogP) is 1.81. The van der Waals surface area contributed by atoms with Gasteiger partial charge in [-0.1, -0.05) is 19.1 Å². The van der Waals surface area contributed by atoms with Crippen LogP contribution in [0.3, 0.4) is 0 Å². The van der Waals surface area contributed by atoms with Crippen molar-refractivity contribution in [3.05, 3.63) is 35.1 Å². The number of halogens is 1. The van der Waals surface area contributed by atoms with Crippen molar-refractivity contribution >= 4 is 5.91 Å². The van der Waals surface area contributed by atoms with Gasteiger partial charge in [0.15, 0.2) is 0 Å². The summed E-state index contributed by atoms with van der Waals surface area (Å²) in [5.74, 6) is -0.722. The van der Waals surface area contributed by atoms with Gasteiger partial charge in [-0.2, -0.15) is 5.26 Å². The van der Waals surface area contributed by atoms with Gasteiger partial charge in [0, 0.05) is 31.7 Å². The Kier molecular flexibility index (Phi) is 4.60. The topological polar surface area (TPSA) is 56.6 Å². The highest BCUT2D eigenvalue weighted by Gasteiger charge is 2.39. The Hall–Kier alpha value is -1.97. The van der Waals surface area contributed by atoms with Gasteiger partial charge < -0.3 is 9.64 Å². The van der Waals surface area contributed by atoms with Gasteiger partial charge in [-0.3, -0.25) is 9.69 Å². The number of rotatable bonds is 4. The second-order valence-electron chi connectivity index (χ2n) is 6.21. The number of morpholine rings is 1. The van der Waals surface area contributed by atoms with Crippen LogP contribution in [0.4, 0.5) is 4.39 Å². The van der Waals surface area contributed by atoms with Crippen LogP contribution in [0.15, 0.2) is 18.2 Å². The summed E-state index contributed by atoms with van der Waals surface area (Å²) in [5, 5.41) is 9.43. The molecule has 1 fully saturated rings. The van der Waals surface area contributed by atoms with E-state index in [0.29, 0.717) is 12.1 Å². The van der Waals surface area contributed by atoms with Gasteiger partial charge in [0.2, 0.25) is 0 Å². The summed E-state index contributed by atoms with van der Waals surface area (Å²) in [6.45, 7) is 6.56. The SMILES string of the molecule is CC(CN1CCOCC1)CN1C(=O)c2c(F)cccc2C1C#N. The van der Waals surface area contributed by atoms with Gasteiger partial charge in [0.1, 0.15) is 11.9 Å². The zero-order valence-corrected chi connectivity index (χ0v) is 13.2. The fourth-order valence-corrected chi connectivity index (χ4v) is 3.37. The number of hydrogen-bond acceptors (Lipinski definition) is 4. The summed E-state index contributed by atoms with van der Waals surface area (Å²) in [6.07, 6.45) is 0. The van der Waals surface area contributed by atoms with Crippen LogP contribution in [0.2, 0.25) is 0 Å². The van der Waals surface area contributed by atoms with Crippen molar-refractivity contribution in [2.75, 3.05) is 39.4 Å². The van der Waals surface area contributed by atoms with Gasteiger partial charge in [-0.05, 0) is 12.0 Å². The monoisotopic (exact) mass is 317 g/mol. The minimum absolute atomic E-state index is 0.0534. The smallest absolute Gasteiger partial charge is 0.258 e. The Morgan fingerprint density at radius 3 is 2.83 bits per heavy atom. The van der Waals surface area contributed by atoms with Crippen molar-refractivity contribution in [1.29, 1.82) is 5.26 Å². The van der Waals surface area contributed by atoms with Crippen LogP contribution < -0.4 is 0 Å². The fraction of sp³-hybridized carbons (Fsp3) is 0.529. The third kappa shape index (κ3) is 3.07. The largest absolute Gasteiger partial charge is 0.379 e. The lowest BCUT2D eigenvalue weighted by Gasteiger charge is -2.31. The van der Waals surface area contributed by atoms with Gasteiger partial charge in [-0.25, -0.2) is 4.39 Å². The molecule has 0 N–H and O–H groups in total. The summed E-state index contributed by atoms with van der Waals surface area (Å²) in [6, 6.07) is 5.93. The standard InChI is InChI=1S/C17H20FN3O2/c1-12(10-20-5-7-23-8-6-20)11-21-15(9-19)13-3-2-4-14(18)16(13)17(21)22/h2-4,12,15H,5-8,10-11H2,1H3. The van der Waals surface area contributed by atoms with Crippen molar-refractivity contribution in [3.63, 3.8) is 0 Å². The second-order valence-corrected chi connectivity index (χ2v) is 6.21. The zero-order valence-electron chi connectivity index (χ0n) is 13.2. The molecule has 6 heteroatoms. The first-order valence-corrected chi connectivity index (χ1v) is 7.91. The molecule has 3 rings (SSSR count). The normalized spacial score (nSPS) is 22.7. The highest BCUT2D eigenvalue weighted by atomic mass is 19.1. The first kappa shape index (κ1) is 15.9. The maximum absolute atomic E-state index is 14.0. The third-order valence-corrected chi connectivity index (χ3v) is 4.43. The summed E-state index contributed by atoms with van der Waals surface area (Å²) >= 11 is 0. The van der Waals surface area contributed by atoms with E-state index in [0.717, 1.165) is 32.8 Å². The number of fused-ring (bicyclic) bond motifs is 1. The molecule has 0 aromatic heterocycles. The summed E-state index contributed by atoms with van der Waals surface area (Å²) in [7, 11) is 0. The third-order valence-electron chi connectivity index (χ3n) is 4.43. The van der Waals surface area contributed by atoms with Gasteiger partial charge in [0.05, 0.1) is 24.8 Å². The van der Waals surface area contributed by atoms with Crippen LogP contribution in [0.1, 0.15) is 28.9 Å². The van der Waals surface area contributed by atoms with Crippen LogP contribution in [-0.2, 0) is 4.74 Å². The zero-order chi connectivity index (χ0) is 16.4. The lowest BCUT2D eigenvalue weighted by atomic mass is 10.0. The molecule has 0 radical (unpaired) electrons. The van der Waals surface area contributed by atoms with E-state index < -0.39 is 11.9 Å². The van der Waals surface area contributed by atoms with Crippen LogP contribution in [0, 0.1) is 23.1 Å². The molecule has 0 bridgehead atoms. The Balaban J connectivity index is 1.71. The van der Waals surface area contributed by atoms with Gasteiger partial charge in [0.25, 0.3) is 5.91 Å². The van der Waals surface area contributed by atoms with E-state index in [9.17, 15) is 14.4 Å². The van der Waals surface area contributed by atoms with E-state index in [1.165, 1.54) is 11.0 Å². The quantitative estimate of drug-likeness (QED) is 0.850. The number of carbonyl (C=O) groups excluding carboxylic acids is 1. The molecule has 2 heterocycles. The van der Waals surface area contributed by atoms with Crippen molar-refractivity contribution in [2.45, 2.75) is 13.0 Å². The molecule has 1 aromatic carbocycles. The van der Waals surface area contributed by atoms with Crippen molar-refractivity contribution in [3.8, 4) is 6.07 Å². The molecule has 2 unspecified atom stereocenters. The van der Waals surface area contributed by atoms with E-state index in [1.807, 2.05) is 0 Å². The Morgan fingerprint density at radius 1 is 1.39 bits per heavy atom. The van der Waals surface area contributed by atoms with Crippen LogP contribution in [0.25, 0.3) is 0 Å². The molecule has 5 nitrogen and oxygen atoms in total. The number of ether oxygens (including phenoxy) is 1. The van der Waals surface area contributed by atoms with Crippen molar-refractivity contribution in [1.82, 2.24) is 9.80 Å². The number of amides is 1. The highest BCUT2D eigenvalue weighted by molar-refractivity contribution is 5.99. The predicted molar refractivity (Wildman–Crippen MR) is 82.2 cm³/mol. The number of nitrogens with zero attached hydrogens (tertiary/aromatic N) is 3. The molecule has 0 aliphatic carbocycles. The average molecular weight is 317 g/mol. The summed E-state index contributed by atoms with van der Waals surface area (Å²) < 4.78 is 19.3. The molecule has 23 heavy (non-hydrogen) atoms. The first-order valence-electron chi connectivity index (χ1n) is 7.91. The Bertz CT molecular complexity index is 637. The molecule has 1 aromatic rings. The molecule has 0 saturated carbocycles. The number of hydrogen-bond donors (Lipinski definition) is 0. The molecule has 122 valence electrons. The van der Waals surface area contributed by atoms with Crippen LogP contribution in [0.5, 0.6) is 0 Å². The Labute approximate surface area is 135 Å². The van der Waals surface area contributed by atoms with Crippen molar-refractivity contribution < 1.29 is 13.9 Å². The van der Waals surface area contributed by atoms with Gasteiger partial charge in [-0.15, -0.1) is 0 Å². The first-order chi connectivity index (χ1) is 11.1. The highest BCUT2D eigenvalue weighted by Crippen LogP contribution is 2.35. The van der Waals surface area contributed by atoms with Crippen LogP contribution in [-0.4, -0.2) is 55.1 Å². The lowest BCUT2D eigenvalue weighted by molar-refractivity contribution is 0.0282. The summed E-state index contributed by atoms with van der Waals surface area (Å²) in [5.41, 5.74) is 0.536. The Morgan fingerprint density at radius 2 is 2.13 bits per heavy atom. The number of nitriles is 1. The fourth-order valence-electron chi connectivity index (χ4n) is 3.37. The molecular weight excluding hydrogens is 297 g/mol. The second kappa shape index (κ2) is 6.65. The molecule has 0 spiro atoms. The molecular formula is C17H20FN3O2. The number of benzene rings is 1. The molecule has 2 aliphatic rings. The van der Waals surface area contributed by atoms with Crippen LogP contribution >= 0.6 is 0 Å². The maximum Gasteiger partial charge on any atom is 0.258 e. The van der Waals surface area contributed by atoms with E-state index in [1.54, 1.807) is 12.1 Å². The van der Waals surface area contributed by atoms with E-state index in [-0.39, 0.29) is 17.4 Å². The number of carbonyl (C=O) groups is 1. The van der Waals surface area contributed by atoms with E-state index >= 15 is 0 Å². The minimum atomic E-state index is -0.694. The molecule has 1 saturated heterocycles. The minimum Gasteiger partial charge on any atom is -0.379 e.